The van der Waals surface area contributed by atoms with E-state index in [0.717, 1.165) is 44.8 Å². The number of carbonyl (C=O) groups is 2. The summed E-state index contributed by atoms with van der Waals surface area (Å²) in [5.74, 6) is -4.57. The van der Waals surface area contributed by atoms with E-state index >= 15 is 0 Å². The Labute approximate surface area is 208 Å². The third-order valence-corrected chi connectivity index (χ3v) is 5.45. The van der Waals surface area contributed by atoms with Crippen molar-refractivity contribution in [2.45, 2.75) is 57.0 Å². The molecule has 0 saturated carbocycles. The molecule has 14 heteroatoms. The number of anilines is 1. The van der Waals surface area contributed by atoms with Crippen LogP contribution in [0.1, 0.15) is 36.1 Å². The first-order valence-electron chi connectivity index (χ1n) is 11.2. The number of aliphatic carboxylic acids is 2. The van der Waals surface area contributed by atoms with Crippen molar-refractivity contribution in [3.05, 3.63) is 53.3 Å². The summed E-state index contributed by atoms with van der Waals surface area (Å²) < 4.78 is 63.5. The van der Waals surface area contributed by atoms with Crippen molar-refractivity contribution in [2.24, 2.45) is 0 Å². The Morgan fingerprint density at radius 2 is 1.51 bits per heavy atom. The molecule has 1 aliphatic carbocycles. The molecule has 1 unspecified atom stereocenters. The maximum absolute atomic E-state index is 10.6. The van der Waals surface area contributed by atoms with Gasteiger partial charge in [0.05, 0.1) is 0 Å². The summed E-state index contributed by atoms with van der Waals surface area (Å²) in [5, 5.41) is 17.9. The summed E-state index contributed by atoms with van der Waals surface area (Å²) in [6.45, 7) is 3.16. The average Bonchev–Trinajstić information content (AvgIpc) is 3.38. The summed E-state index contributed by atoms with van der Waals surface area (Å²) in [5.41, 5.74) is 3.93. The zero-order valence-corrected chi connectivity index (χ0v) is 19.5. The van der Waals surface area contributed by atoms with Crippen LogP contribution in [0.3, 0.4) is 0 Å². The van der Waals surface area contributed by atoms with Gasteiger partial charge in [0.1, 0.15) is 0 Å². The largest absolute Gasteiger partial charge is 0.490 e. The lowest BCUT2D eigenvalue weighted by molar-refractivity contribution is -0.193. The number of aromatic nitrogens is 2. The molecule has 2 heterocycles. The normalized spacial score (nSPS) is 17.0. The van der Waals surface area contributed by atoms with Crippen LogP contribution in [-0.2, 0) is 29.0 Å². The van der Waals surface area contributed by atoms with E-state index in [9.17, 15) is 26.3 Å². The zero-order valence-electron chi connectivity index (χ0n) is 19.5. The van der Waals surface area contributed by atoms with Crippen LogP contribution in [0.2, 0.25) is 0 Å². The van der Waals surface area contributed by atoms with E-state index in [4.69, 9.17) is 24.8 Å². The summed E-state index contributed by atoms with van der Waals surface area (Å²) in [6, 6.07) is 11.1. The summed E-state index contributed by atoms with van der Waals surface area (Å²) in [4.78, 5) is 29.6. The van der Waals surface area contributed by atoms with Gasteiger partial charge in [0.15, 0.2) is 0 Å². The maximum Gasteiger partial charge on any atom is 0.490 e. The van der Waals surface area contributed by atoms with Crippen molar-refractivity contribution in [1.82, 2.24) is 15.3 Å². The molecule has 4 rings (SSSR count). The smallest absolute Gasteiger partial charge is 0.475 e. The molecule has 8 nitrogen and oxygen atoms in total. The highest BCUT2D eigenvalue weighted by Crippen LogP contribution is 2.23. The molecule has 2 aliphatic rings. The molecule has 1 atom stereocenters. The van der Waals surface area contributed by atoms with E-state index in [-0.39, 0.29) is 0 Å². The number of halogens is 6. The fraction of sp³-hybridized carbons (Fsp3) is 0.478. The number of aryl methyl sites for hydroxylation is 1. The molecule has 0 bridgehead atoms. The molecule has 1 aromatic carbocycles. The third-order valence-electron chi connectivity index (χ3n) is 5.45. The molecule has 0 radical (unpaired) electrons. The minimum Gasteiger partial charge on any atom is -0.475 e. The Hall–Kier alpha value is -3.42. The van der Waals surface area contributed by atoms with Gasteiger partial charge in [-0.05, 0) is 43.2 Å². The van der Waals surface area contributed by atoms with Crippen LogP contribution < -0.4 is 10.2 Å². The number of fused-ring (bicyclic) bond motifs is 1. The molecule has 1 fully saturated rings. The number of benzene rings is 1. The van der Waals surface area contributed by atoms with Gasteiger partial charge in [-0.25, -0.2) is 19.6 Å². The summed E-state index contributed by atoms with van der Waals surface area (Å²) in [7, 11) is 0. The third kappa shape index (κ3) is 10.2. The van der Waals surface area contributed by atoms with Gasteiger partial charge in [0, 0.05) is 37.6 Å². The van der Waals surface area contributed by atoms with Gasteiger partial charge in [-0.15, -0.1) is 0 Å². The van der Waals surface area contributed by atoms with E-state index in [0.29, 0.717) is 6.04 Å². The first-order valence-corrected chi connectivity index (χ1v) is 11.2. The van der Waals surface area contributed by atoms with Gasteiger partial charge in [0.25, 0.3) is 0 Å². The van der Waals surface area contributed by atoms with E-state index < -0.39 is 24.3 Å². The lowest BCUT2D eigenvalue weighted by Gasteiger charge is -2.26. The molecule has 0 amide bonds. The van der Waals surface area contributed by atoms with E-state index in [1.165, 1.54) is 29.7 Å². The fourth-order valence-electron chi connectivity index (χ4n) is 3.60. The summed E-state index contributed by atoms with van der Waals surface area (Å²) >= 11 is 0. The quantitative estimate of drug-likeness (QED) is 0.503. The highest BCUT2D eigenvalue weighted by Gasteiger charge is 2.38. The van der Waals surface area contributed by atoms with Crippen LogP contribution in [-0.4, -0.2) is 63.6 Å². The summed E-state index contributed by atoms with van der Waals surface area (Å²) in [6.07, 6.45) is -2.30. The number of carboxylic acid groups (broad SMARTS) is 2. The van der Waals surface area contributed by atoms with Crippen LogP contribution >= 0.6 is 0 Å². The second-order valence-electron chi connectivity index (χ2n) is 8.25. The number of hydrogen-bond donors (Lipinski definition) is 3. The van der Waals surface area contributed by atoms with E-state index in [1.807, 2.05) is 0 Å². The number of rotatable bonds is 4. The van der Waals surface area contributed by atoms with Crippen molar-refractivity contribution >= 4 is 17.9 Å². The van der Waals surface area contributed by atoms with Gasteiger partial charge in [-0.2, -0.15) is 26.3 Å². The second-order valence-corrected chi connectivity index (χ2v) is 8.25. The van der Waals surface area contributed by atoms with Gasteiger partial charge in [-0.1, -0.05) is 30.3 Å². The predicted molar refractivity (Wildman–Crippen MR) is 120 cm³/mol. The molecule has 2 aromatic rings. The van der Waals surface area contributed by atoms with Crippen LogP contribution in [0.4, 0.5) is 32.3 Å². The lowest BCUT2D eigenvalue weighted by Crippen LogP contribution is -2.35. The zero-order chi connectivity index (χ0) is 27.6. The standard InChI is InChI=1S/C19H24N4.2C2HF3O2/c1-2-6-15(7-3-1)13-20-17-8-9-18-16(12-17)14-21-19(22-18)23-10-4-5-11-23;2*3-2(4,5)1(6)7/h1-3,6-7,14,17,20H,4-5,8-13H2;2*(H,6,7). The Kier molecular flexibility index (Phi) is 10.6. The first-order chi connectivity index (χ1) is 17.3. The molecule has 3 N–H and O–H groups in total. The lowest BCUT2D eigenvalue weighted by atomic mass is 9.92. The van der Waals surface area contributed by atoms with Crippen LogP contribution in [0.5, 0.6) is 0 Å². The van der Waals surface area contributed by atoms with Crippen molar-refractivity contribution < 1.29 is 46.1 Å². The minimum absolute atomic E-state index is 0.531. The Balaban J connectivity index is 0.000000286. The van der Waals surface area contributed by atoms with E-state index in [2.05, 4.69) is 51.7 Å². The van der Waals surface area contributed by atoms with E-state index in [1.54, 1.807) is 0 Å². The van der Waals surface area contributed by atoms with Crippen LogP contribution in [0.25, 0.3) is 0 Å². The van der Waals surface area contributed by atoms with Gasteiger partial charge in [-0.3, -0.25) is 0 Å². The molecular weight excluding hydrogens is 510 g/mol. The number of nitrogens with zero attached hydrogens (tertiary/aromatic N) is 3. The van der Waals surface area contributed by atoms with Gasteiger partial charge < -0.3 is 20.4 Å². The number of alkyl halides is 6. The SMILES string of the molecule is O=C(O)C(F)(F)F.O=C(O)C(F)(F)F.c1ccc(CNC2CCc3nc(N4CCCC4)ncc3C2)cc1. The molecular formula is C23H26F6N4O4. The Bertz CT molecular complexity index is 1000. The highest BCUT2D eigenvalue weighted by atomic mass is 19.4. The number of carboxylic acids is 2. The van der Waals surface area contributed by atoms with Crippen LogP contribution in [0.15, 0.2) is 36.5 Å². The first kappa shape index (κ1) is 29.8. The second kappa shape index (κ2) is 13.2. The Morgan fingerprint density at radius 1 is 0.973 bits per heavy atom. The van der Waals surface area contributed by atoms with Crippen molar-refractivity contribution in [2.75, 3.05) is 18.0 Å². The monoisotopic (exact) mass is 536 g/mol. The molecule has 204 valence electrons. The minimum atomic E-state index is -5.08. The van der Waals surface area contributed by atoms with Gasteiger partial charge in [0.2, 0.25) is 5.95 Å². The van der Waals surface area contributed by atoms with Crippen molar-refractivity contribution in [3.63, 3.8) is 0 Å². The molecule has 1 saturated heterocycles. The maximum atomic E-state index is 10.6. The number of nitrogens with one attached hydrogen (secondary N) is 1. The van der Waals surface area contributed by atoms with Gasteiger partial charge >= 0.3 is 24.3 Å². The molecule has 1 aliphatic heterocycles. The Morgan fingerprint density at radius 3 is 2.03 bits per heavy atom. The van der Waals surface area contributed by atoms with Crippen molar-refractivity contribution in [1.29, 1.82) is 0 Å². The predicted octanol–water partition coefficient (Wildman–Crippen LogP) is 3.99. The fourth-order valence-corrected chi connectivity index (χ4v) is 3.60. The van der Waals surface area contributed by atoms with Crippen LogP contribution in [0, 0.1) is 0 Å². The molecule has 1 aromatic heterocycles. The number of hydrogen-bond acceptors (Lipinski definition) is 6. The molecule has 0 spiro atoms. The molecule has 37 heavy (non-hydrogen) atoms. The van der Waals surface area contributed by atoms with Crippen molar-refractivity contribution in [3.8, 4) is 0 Å². The average molecular weight is 536 g/mol. The highest BCUT2D eigenvalue weighted by molar-refractivity contribution is 5.73. The topological polar surface area (TPSA) is 116 Å².